The summed E-state index contributed by atoms with van der Waals surface area (Å²) in [5, 5.41) is 11.9. The van der Waals surface area contributed by atoms with Crippen LogP contribution in [0.1, 0.15) is 21.5 Å². The lowest BCUT2D eigenvalue weighted by Gasteiger charge is -2.15. The first-order valence-electron chi connectivity index (χ1n) is 7.80. The van der Waals surface area contributed by atoms with E-state index in [1.54, 1.807) is 0 Å². The molecule has 0 aliphatic rings. The Morgan fingerprint density at radius 3 is 2.64 bits per heavy atom. The number of aliphatic carboxylic acids is 1. The summed E-state index contributed by atoms with van der Waals surface area (Å²) in [7, 11) is 1.38. The first kappa shape index (κ1) is 18.4. The van der Waals surface area contributed by atoms with Crippen molar-refractivity contribution in [1.29, 1.82) is 0 Å². The van der Waals surface area contributed by atoms with Crippen LogP contribution in [-0.4, -0.2) is 30.6 Å². The Bertz CT molecular complexity index is 776. The SMILES string of the molecule is COc1ccc(F)cc1C(=O)NCC(Cc1cccc(C)c1)C(=O)O. The second kappa shape index (κ2) is 8.28. The molecular formula is C19H20FNO4. The van der Waals surface area contributed by atoms with Crippen LogP contribution in [0, 0.1) is 18.7 Å². The lowest BCUT2D eigenvalue weighted by molar-refractivity contribution is -0.141. The van der Waals surface area contributed by atoms with Crippen LogP contribution in [0.4, 0.5) is 4.39 Å². The molecule has 0 saturated heterocycles. The summed E-state index contributed by atoms with van der Waals surface area (Å²) in [6.45, 7) is 1.86. The molecule has 1 amide bonds. The highest BCUT2D eigenvalue weighted by Crippen LogP contribution is 2.19. The largest absolute Gasteiger partial charge is 0.496 e. The van der Waals surface area contributed by atoms with Gasteiger partial charge in [-0.2, -0.15) is 0 Å². The molecule has 2 aromatic rings. The standard InChI is InChI=1S/C19H20FNO4/c1-12-4-3-5-13(8-12)9-14(19(23)24)11-21-18(22)16-10-15(20)6-7-17(16)25-2/h3-8,10,14H,9,11H2,1-2H3,(H,21,22)(H,23,24). The summed E-state index contributed by atoms with van der Waals surface area (Å²) in [6, 6.07) is 11.1. The van der Waals surface area contributed by atoms with E-state index in [2.05, 4.69) is 5.32 Å². The van der Waals surface area contributed by atoms with Crippen LogP contribution >= 0.6 is 0 Å². The molecule has 1 unspecified atom stereocenters. The number of benzene rings is 2. The second-order valence-electron chi connectivity index (χ2n) is 5.78. The van der Waals surface area contributed by atoms with Crippen molar-refractivity contribution < 1.29 is 23.8 Å². The molecule has 0 bridgehead atoms. The number of carbonyl (C=O) groups excluding carboxylic acids is 1. The minimum absolute atomic E-state index is 0.0298. The Labute approximate surface area is 145 Å². The first-order chi connectivity index (χ1) is 11.9. The van der Waals surface area contributed by atoms with Crippen molar-refractivity contribution in [2.75, 3.05) is 13.7 Å². The Balaban J connectivity index is 2.07. The van der Waals surface area contributed by atoms with Gasteiger partial charge >= 0.3 is 5.97 Å². The van der Waals surface area contributed by atoms with Crippen LogP contribution in [-0.2, 0) is 11.2 Å². The van der Waals surface area contributed by atoms with Crippen LogP contribution in [0.2, 0.25) is 0 Å². The predicted octanol–water partition coefficient (Wildman–Crippen LogP) is 2.82. The van der Waals surface area contributed by atoms with E-state index in [1.165, 1.54) is 19.2 Å². The van der Waals surface area contributed by atoms with Gasteiger partial charge < -0.3 is 15.2 Å². The fraction of sp³-hybridized carbons (Fsp3) is 0.263. The maximum absolute atomic E-state index is 13.4. The molecule has 0 spiro atoms. The Morgan fingerprint density at radius 2 is 2.00 bits per heavy atom. The fourth-order valence-corrected chi connectivity index (χ4v) is 2.54. The summed E-state index contributed by atoms with van der Waals surface area (Å²) < 4.78 is 18.4. The van der Waals surface area contributed by atoms with E-state index in [-0.39, 0.29) is 24.3 Å². The normalized spacial score (nSPS) is 11.6. The molecule has 132 valence electrons. The molecule has 1 atom stereocenters. The van der Waals surface area contributed by atoms with Gasteiger partial charge in [0.25, 0.3) is 5.91 Å². The highest BCUT2D eigenvalue weighted by molar-refractivity contribution is 5.97. The number of amides is 1. The van der Waals surface area contributed by atoms with Crippen molar-refractivity contribution in [2.45, 2.75) is 13.3 Å². The third-order valence-electron chi connectivity index (χ3n) is 3.83. The maximum Gasteiger partial charge on any atom is 0.308 e. The Morgan fingerprint density at radius 1 is 1.24 bits per heavy atom. The van der Waals surface area contributed by atoms with Crippen molar-refractivity contribution in [2.24, 2.45) is 5.92 Å². The average molecular weight is 345 g/mol. The molecule has 5 nitrogen and oxygen atoms in total. The smallest absolute Gasteiger partial charge is 0.308 e. The van der Waals surface area contributed by atoms with Gasteiger partial charge in [-0.3, -0.25) is 9.59 Å². The van der Waals surface area contributed by atoms with Gasteiger partial charge in [-0.15, -0.1) is 0 Å². The van der Waals surface area contributed by atoms with Crippen molar-refractivity contribution in [3.8, 4) is 5.75 Å². The summed E-state index contributed by atoms with van der Waals surface area (Å²) in [4.78, 5) is 23.7. The molecule has 25 heavy (non-hydrogen) atoms. The molecule has 0 heterocycles. The summed E-state index contributed by atoms with van der Waals surface area (Å²) in [5.74, 6) is -2.71. The number of carboxylic acids is 1. The maximum atomic E-state index is 13.4. The Kier molecular flexibility index (Phi) is 6.11. The number of aryl methyl sites for hydroxylation is 1. The number of ether oxygens (including phenoxy) is 1. The highest BCUT2D eigenvalue weighted by atomic mass is 19.1. The van der Waals surface area contributed by atoms with E-state index in [0.29, 0.717) is 0 Å². The highest BCUT2D eigenvalue weighted by Gasteiger charge is 2.21. The number of methoxy groups -OCH3 is 1. The molecule has 0 aliphatic carbocycles. The molecule has 0 aromatic heterocycles. The molecule has 2 N–H and O–H groups in total. The number of rotatable bonds is 7. The van der Waals surface area contributed by atoms with E-state index < -0.39 is 23.6 Å². The molecule has 2 rings (SSSR count). The molecule has 0 saturated carbocycles. The third kappa shape index (κ3) is 5.04. The topological polar surface area (TPSA) is 75.6 Å². The number of hydrogen-bond donors (Lipinski definition) is 2. The van der Waals surface area contributed by atoms with E-state index in [4.69, 9.17) is 4.74 Å². The van der Waals surface area contributed by atoms with Crippen LogP contribution in [0.15, 0.2) is 42.5 Å². The zero-order chi connectivity index (χ0) is 18.4. The van der Waals surface area contributed by atoms with Gasteiger partial charge in [-0.05, 0) is 37.1 Å². The van der Waals surface area contributed by atoms with Gasteiger partial charge in [0, 0.05) is 6.54 Å². The lowest BCUT2D eigenvalue weighted by atomic mass is 9.98. The summed E-state index contributed by atoms with van der Waals surface area (Å²) in [5.41, 5.74) is 1.95. The molecular weight excluding hydrogens is 325 g/mol. The predicted molar refractivity (Wildman–Crippen MR) is 91.3 cm³/mol. The fourth-order valence-electron chi connectivity index (χ4n) is 2.54. The van der Waals surface area contributed by atoms with Crippen LogP contribution < -0.4 is 10.1 Å². The van der Waals surface area contributed by atoms with Crippen molar-refractivity contribution >= 4 is 11.9 Å². The second-order valence-corrected chi connectivity index (χ2v) is 5.78. The minimum Gasteiger partial charge on any atom is -0.496 e. The quantitative estimate of drug-likeness (QED) is 0.809. The monoisotopic (exact) mass is 345 g/mol. The van der Waals surface area contributed by atoms with E-state index in [0.717, 1.165) is 17.2 Å². The van der Waals surface area contributed by atoms with Gasteiger partial charge in [-0.1, -0.05) is 29.8 Å². The average Bonchev–Trinajstić information content (AvgIpc) is 2.58. The van der Waals surface area contributed by atoms with Crippen LogP contribution in [0.5, 0.6) is 5.75 Å². The summed E-state index contributed by atoms with van der Waals surface area (Å²) in [6.07, 6.45) is 0.289. The van der Waals surface area contributed by atoms with Gasteiger partial charge in [0.1, 0.15) is 11.6 Å². The number of carboxylic acid groups (broad SMARTS) is 1. The van der Waals surface area contributed by atoms with Crippen molar-refractivity contribution in [3.05, 3.63) is 65.0 Å². The van der Waals surface area contributed by atoms with Crippen LogP contribution in [0.3, 0.4) is 0 Å². The molecule has 0 radical (unpaired) electrons. The Hall–Kier alpha value is -2.89. The van der Waals surface area contributed by atoms with Crippen molar-refractivity contribution in [1.82, 2.24) is 5.32 Å². The molecule has 0 aliphatic heterocycles. The molecule has 6 heteroatoms. The third-order valence-corrected chi connectivity index (χ3v) is 3.83. The van der Waals surface area contributed by atoms with E-state index in [9.17, 15) is 19.1 Å². The molecule has 2 aromatic carbocycles. The van der Waals surface area contributed by atoms with E-state index in [1.807, 2.05) is 31.2 Å². The number of hydrogen-bond acceptors (Lipinski definition) is 3. The number of halogens is 1. The lowest BCUT2D eigenvalue weighted by Crippen LogP contribution is -2.34. The van der Waals surface area contributed by atoms with Gasteiger partial charge in [0.15, 0.2) is 0 Å². The number of carbonyl (C=O) groups is 2. The van der Waals surface area contributed by atoms with Crippen molar-refractivity contribution in [3.63, 3.8) is 0 Å². The zero-order valence-electron chi connectivity index (χ0n) is 14.1. The number of nitrogens with one attached hydrogen (secondary N) is 1. The van der Waals surface area contributed by atoms with Gasteiger partial charge in [0.05, 0.1) is 18.6 Å². The van der Waals surface area contributed by atoms with Crippen LogP contribution in [0.25, 0.3) is 0 Å². The minimum atomic E-state index is -1.01. The zero-order valence-corrected chi connectivity index (χ0v) is 14.1. The van der Waals surface area contributed by atoms with Gasteiger partial charge in [-0.25, -0.2) is 4.39 Å². The molecule has 0 fully saturated rings. The first-order valence-corrected chi connectivity index (χ1v) is 7.80. The van der Waals surface area contributed by atoms with Gasteiger partial charge in [0.2, 0.25) is 0 Å². The summed E-state index contributed by atoms with van der Waals surface area (Å²) >= 11 is 0. The van der Waals surface area contributed by atoms with E-state index >= 15 is 0 Å².